The van der Waals surface area contributed by atoms with E-state index in [4.69, 9.17) is 16.4 Å². The Hall–Kier alpha value is -1.42. The maximum atomic E-state index is 13.6. The van der Waals surface area contributed by atoms with Gasteiger partial charge in [-0.2, -0.15) is 0 Å². The normalized spacial score (nSPS) is 11.3. The minimum Gasteiger partial charge on any atom is -0.388 e. The van der Waals surface area contributed by atoms with Crippen LogP contribution in [0.1, 0.15) is 24.2 Å². The molecule has 2 aromatic rings. The first-order chi connectivity index (χ1) is 11.7. The topological polar surface area (TPSA) is 70.6 Å². The van der Waals surface area contributed by atoms with Gasteiger partial charge in [-0.1, -0.05) is 11.6 Å². The lowest BCUT2D eigenvalue weighted by Gasteiger charge is -2.17. The summed E-state index contributed by atoms with van der Waals surface area (Å²) in [6, 6.07) is 9.02. The van der Waals surface area contributed by atoms with Crippen molar-refractivity contribution in [2.45, 2.75) is 19.4 Å². The molecule has 0 heterocycles. The summed E-state index contributed by atoms with van der Waals surface area (Å²) >= 11 is 8.29. The Morgan fingerprint density at radius 2 is 2.00 bits per heavy atom. The highest BCUT2D eigenvalue weighted by molar-refractivity contribution is 14.1. The lowest BCUT2D eigenvalue weighted by atomic mass is 10.1. The zero-order valence-corrected chi connectivity index (χ0v) is 16.5. The highest BCUT2D eigenvalue weighted by Crippen LogP contribution is 2.29. The van der Waals surface area contributed by atoms with Crippen molar-refractivity contribution >= 4 is 51.5 Å². The van der Waals surface area contributed by atoms with Crippen LogP contribution in [0.2, 0.25) is 5.02 Å². The summed E-state index contributed by atoms with van der Waals surface area (Å²) in [5.74, 6) is -1.08. The van der Waals surface area contributed by atoms with Crippen LogP contribution >= 0.6 is 34.2 Å². The quantitative estimate of drug-likeness (QED) is 0.429. The van der Waals surface area contributed by atoms with Gasteiger partial charge in [-0.05, 0) is 72.8 Å². The average molecular weight is 479 g/mol. The Kier molecular flexibility index (Phi) is 6.61. The van der Waals surface area contributed by atoms with Gasteiger partial charge in [0, 0.05) is 3.57 Å². The molecule has 1 amide bonds. The standard InChI is InChI=1S/C17H17ClFIN2O3/c1-17(2,24)9-25-22-16(23)12-5-3-10(19)7-15(12)21-14-6-4-11(20)8-13(14)18/h3-8,21,24H,9H2,1-2H3,(H,22,23). The molecule has 0 saturated heterocycles. The fraction of sp³-hybridized carbons (Fsp3) is 0.235. The second kappa shape index (κ2) is 8.31. The lowest BCUT2D eigenvalue weighted by molar-refractivity contribution is -0.0522. The van der Waals surface area contributed by atoms with E-state index in [1.165, 1.54) is 18.2 Å². The molecule has 2 aromatic carbocycles. The number of carbonyl (C=O) groups excluding carboxylic acids is 1. The van der Waals surface area contributed by atoms with Crippen LogP contribution in [-0.4, -0.2) is 23.2 Å². The number of hydrogen-bond acceptors (Lipinski definition) is 4. The number of amides is 1. The van der Waals surface area contributed by atoms with Gasteiger partial charge in [0.25, 0.3) is 5.91 Å². The highest BCUT2D eigenvalue weighted by atomic mass is 127. The monoisotopic (exact) mass is 478 g/mol. The Bertz CT molecular complexity index is 781. The maximum Gasteiger partial charge on any atom is 0.276 e. The molecule has 8 heteroatoms. The molecular weight excluding hydrogens is 462 g/mol. The van der Waals surface area contributed by atoms with E-state index in [2.05, 4.69) is 33.4 Å². The number of nitrogens with one attached hydrogen (secondary N) is 2. The molecule has 0 aliphatic carbocycles. The van der Waals surface area contributed by atoms with E-state index in [9.17, 15) is 14.3 Å². The summed E-state index contributed by atoms with van der Waals surface area (Å²) in [4.78, 5) is 17.3. The molecule has 0 aliphatic rings. The van der Waals surface area contributed by atoms with Crippen LogP contribution < -0.4 is 10.8 Å². The van der Waals surface area contributed by atoms with E-state index in [0.717, 1.165) is 3.57 Å². The number of hydrogen-bond donors (Lipinski definition) is 3. The summed E-state index contributed by atoms with van der Waals surface area (Å²) in [6.45, 7) is 3.00. The summed E-state index contributed by atoms with van der Waals surface area (Å²) in [5.41, 5.74) is 2.09. The first-order valence-electron chi connectivity index (χ1n) is 7.32. The van der Waals surface area contributed by atoms with Crippen molar-refractivity contribution in [1.82, 2.24) is 5.48 Å². The van der Waals surface area contributed by atoms with Crippen molar-refractivity contribution in [3.05, 3.63) is 56.4 Å². The van der Waals surface area contributed by atoms with Crippen molar-refractivity contribution < 1.29 is 19.1 Å². The van der Waals surface area contributed by atoms with Gasteiger partial charge in [0.15, 0.2) is 0 Å². The molecule has 5 nitrogen and oxygen atoms in total. The number of halogens is 3. The largest absolute Gasteiger partial charge is 0.388 e. The number of aliphatic hydroxyl groups is 1. The highest BCUT2D eigenvalue weighted by Gasteiger charge is 2.17. The molecule has 0 spiro atoms. The zero-order chi connectivity index (χ0) is 18.6. The minimum absolute atomic E-state index is 0.0916. The Labute approximate surface area is 163 Å². The second-order valence-corrected chi connectivity index (χ2v) is 7.62. The predicted octanol–water partition coefficient (Wildman–Crippen LogP) is 4.26. The zero-order valence-electron chi connectivity index (χ0n) is 13.6. The SMILES string of the molecule is CC(C)(O)CONC(=O)c1ccc(F)cc1Nc1ccc(I)cc1Cl. The number of carbonyl (C=O) groups is 1. The van der Waals surface area contributed by atoms with Gasteiger partial charge in [0.2, 0.25) is 0 Å². The van der Waals surface area contributed by atoms with Crippen molar-refractivity contribution in [3.8, 4) is 0 Å². The molecule has 2 rings (SSSR count). The molecule has 0 fully saturated rings. The minimum atomic E-state index is -1.09. The van der Waals surface area contributed by atoms with E-state index in [0.29, 0.717) is 10.7 Å². The van der Waals surface area contributed by atoms with Gasteiger partial charge in [-0.25, -0.2) is 9.87 Å². The summed E-state index contributed by atoms with van der Waals surface area (Å²) in [6.07, 6.45) is 0. The van der Waals surface area contributed by atoms with Crippen LogP contribution in [0.5, 0.6) is 0 Å². The third-order valence-corrected chi connectivity index (χ3v) is 4.00. The molecule has 3 N–H and O–H groups in total. The van der Waals surface area contributed by atoms with Gasteiger partial charge >= 0.3 is 0 Å². The molecule has 0 aliphatic heterocycles. The maximum absolute atomic E-state index is 13.6. The Balaban J connectivity index is 2.20. The summed E-state index contributed by atoms with van der Waals surface area (Å²) < 4.78 is 14.6. The number of benzene rings is 2. The van der Waals surface area contributed by atoms with Crippen LogP contribution in [0.4, 0.5) is 15.8 Å². The number of anilines is 2. The van der Waals surface area contributed by atoms with Gasteiger partial charge < -0.3 is 10.4 Å². The number of rotatable bonds is 6. The fourth-order valence-electron chi connectivity index (χ4n) is 1.89. The number of hydroxylamine groups is 1. The van der Waals surface area contributed by atoms with Crippen molar-refractivity contribution in [2.75, 3.05) is 11.9 Å². The first kappa shape index (κ1) is 19.9. The van der Waals surface area contributed by atoms with E-state index >= 15 is 0 Å². The van der Waals surface area contributed by atoms with E-state index < -0.39 is 17.3 Å². The summed E-state index contributed by atoms with van der Waals surface area (Å²) in [7, 11) is 0. The molecule has 0 bridgehead atoms. The van der Waals surface area contributed by atoms with Crippen LogP contribution in [0, 0.1) is 9.39 Å². The first-order valence-corrected chi connectivity index (χ1v) is 8.77. The molecule has 0 unspecified atom stereocenters. The van der Waals surface area contributed by atoms with Crippen LogP contribution in [0.15, 0.2) is 36.4 Å². The van der Waals surface area contributed by atoms with Crippen LogP contribution in [0.25, 0.3) is 0 Å². The fourth-order valence-corrected chi connectivity index (χ4v) is 2.79. The molecule has 134 valence electrons. The summed E-state index contributed by atoms with van der Waals surface area (Å²) in [5, 5.41) is 13.0. The third kappa shape index (κ3) is 6.10. The molecule has 0 radical (unpaired) electrons. The van der Waals surface area contributed by atoms with Gasteiger partial charge in [-0.3, -0.25) is 9.63 Å². The van der Waals surface area contributed by atoms with E-state index in [1.807, 2.05) is 6.07 Å². The van der Waals surface area contributed by atoms with Crippen molar-refractivity contribution in [1.29, 1.82) is 0 Å². The van der Waals surface area contributed by atoms with Crippen molar-refractivity contribution in [3.63, 3.8) is 0 Å². The second-order valence-electron chi connectivity index (χ2n) is 5.97. The third-order valence-electron chi connectivity index (χ3n) is 3.02. The molecule has 0 aromatic heterocycles. The smallest absolute Gasteiger partial charge is 0.276 e. The van der Waals surface area contributed by atoms with Crippen LogP contribution in [-0.2, 0) is 4.84 Å². The molecular formula is C17H17ClFIN2O3. The Morgan fingerprint density at radius 3 is 2.64 bits per heavy atom. The van der Waals surface area contributed by atoms with E-state index in [1.54, 1.807) is 26.0 Å². The van der Waals surface area contributed by atoms with Gasteiger partial charge in [0.05, 0.1) is 27.6 Å². The molecule has 25 heavy (non-hydrogen) atoms. The predicted molar refractivity (Wildman–Crippen MR) is 104 cm³/mol. The van der Waals surface area contributed by atoms with Gasteiger partial charge in [0.1, 0.15) is 12.4 Å². The van der Waals surface area contributed by atoms with E-state index in [-0.39, 0.29) is 17.9 Å². The van der Waals surface area contributed by atoms with Gasteiger partial charge in [-0.15, -0.1) is 0 Å². The Morgan fingerprint density at radius 1 is 1.28 bits per heavy atom. The lowest BCUT2D eigenvalue weighted by Crippen LogP contribution is -2.33. The molecule has 0 saturated carbocycles. The van der Waals surface area contributed by atoms with Crippen molar-refractivity contribution in [2.24, 2.45) is 0 Å². The van der Waals surface area contributed by atoms with Crippen LogP contribution in [0.3, 0.4) is 0 Å². The molecule has 0 atom stereocenters. The average Bonchev–Trinajstić information content (AvgIpc) is 2.49.